The lowest BCUT2D eigenvalue weighted by atomic mass is 9.65. The Kier molecular flexibility index (Phi) is 3.90. The maximum absolute atomic E-state index is 12.0. The number of anilines is 1. The van der Waals surface area contributed by atoms with Crippen molar-refractivity contribution in [3.8, 4) is 6.07 Å². The van der Waals surface area contributed by atoms with Crippen LogP contribution in [0.1, 0.15) is 50.1 Å². The van der Waals surface area contributed by atoms with Gasteiger partial charge in [-0.2, -0.15) is 10.2 Å². The van der Waals surface area contributed by atoms with Crippen LogP contribution in [0, 0.1) is 22.7 Å². The van der Waals surface area contributed by atoms with E-state index in [0.29, 0.717) is 23.8 Å². The van der Waals surface area contributed by atoms with E-state index in [1.54, 1.807) is 0 Å². The molecule has 2 aromatic heterocycles. The number of carbonyl (C=O) groups excluding carboxylic acids is 1. The fourth-order valence-electron chi connectivity index (χ4n) is 4.80. The third kappa shape index (κ3) is 3.08. The van der Waals surface area contributed by atoms with E-state index in [2.05, 4.69) is 32.4 Å². The van der Waals surface area contributed by atoms with Crippen LogP contribution >= 0.6 is 0 Å². The highest BCUT2D eigenvalue weighted by Crippen LogP contribution is 2.48. The van der Waals surface area contributed by atoms with E-state index in [4.69, 9.17) is 5.26 Å². The molecule has 27 heavy (non-hydrogen) atoms. The van der Waals surface area contributed by atoms with E-state index in [0.717, 1.165) is 44.4 Å². The third-order valence-corrected chi connectivity index (χ3v) is 6.45. The zero-order chi connectivity index (χ0) is 18.4. The fraction of sp³-hybridized carbons (Fsp3) is 0.600. The third-order valence-electron chi connectivity index (χ3n) is 6.45. The van der Waals surface area contributed by atoms with Crippen LogP contribution in [-0.4, -0.2) is 45.0 Å². The number of rotatable bonds is 4. The van der Waals surface area contributed by atoms with Crippen molar-refractivity contribution in [3.05, 3.63) is 23.9 Å². The summed E-state index contributed by atoms with van der Waals surface area (Å²) in [6.07, 6.45) is 6.64. The van der Waals surface area contributed by atoms with Crippen molar-refractivity contribution in [2.24, 2.45) is 11.3 Å². The van der Waals surface area contributed by atoms with E-state index in [1.165, 1.54) is 18.5 Å². The Bertz CT molecular complexity index is 908. The summed E-state index contributed by atoms with van der Waals surface area (Å²) in [5, 5.41) is 16.3. The summed E-state index contributed by atoms with van der Waals surface area (Å²) in [6, 6.07) is 8.37. The van der Waals surface area contributed by atoms with Crippen LogP contribution in [0.3, 0.4) is 0 Å². The van der Waals surface area contributed by atoms with Gasteiger partial charge in [-0.05, 0) is 56.1 Å². The van der Waals surface area contributed by atoms with Gasteiger partial charge in [-0.3, -0.25) is 15.0 Å². The second kappa shape index (κ2) is 6.31. The zero-order valence-corrected chi connectivity index (χ0v) is 15.4. The number of aromatic nitrogens is 3. The van der Waals surface area contributed by atoms with E-state index >= 15 is 0 Å². The molecule has 0 bridgehead atoms. The van der Waals surface area contributed by atoms with Gasteiger partial charge in [0.05, 0.1) is 12.6 Å². The maximum atomic E-state index is 12.0. The monoisotopic (exact) mass is 364 g/mol. The van der Waals surface area contributed by atoms with Crippen molar-refractivity contribution in [2.75, 3.05) is 25.0 Å². The second-order valence-corrected chi connectivity index (χ2v) is 8.50. The van der Waals surface area contributed by atoms with Gasteiger partial charge in [-0.25, -0.2) is 4.52 Å². The topological polar surface area (TPSA) is 86.3 Å². The Hall–Kier alpha value is -2.46. The number of amides is 1. The molecule has 1 saturated heterocycles. The molecule has 1 N–H and O–H groups in total. The summed E-state index contributed by atoms with van der Waals surface area (Å²) in [5.41, 5.74) is 2.41. The summed E-state index contributed by atoms with van der Waals surface area (Å²) in [5.74, 6) is 1.07. The molecular weight excluding hydrogens is 340 g/mol. The van der Waals surface area contributed by atoms with Crippen LogP contribution in [0.25, 0.3) is 5.65 Å². The highest BCUT2D eigenvalue weighted by atomic mass is 16.2. The Morgan fingerprint density at radius 1 is 1.26 bits per heavy atom. The van der Waals surface area contributed by atoms with Gasteiger partial charge in [0, 0.05) is 30.6 Å². The van der Waals surface area contributed by atoms with Crippen LogP contribution in [0.15, 0.2) is 18.2 Å². The van der Waals surface area contributed by atoms with Gasteiger partial charge in [-0.15, -0.1) is 5.10 Å². The number of nitrogens with zero attached hydrogens (tertiary/aromatic N) is 5. The minimum absolute atomic E-state index is 0.0407. The van der Waals surface area contributed by atoms with E-state index < -0.39 is 0 Å². The van der Waals surface area contributed by atoms with Gasteiger partial charge < -0.3 is 0 Å². The number of carbonyl (C=O) groups is 1. The molecule has 3 heterocycles. The number of hydrogen-bond donors (Lipinski definition) is 1. The van der Waals surface area contributed by atoms with E-state index in [9.17, 15) is 4.79 Å². The molecule has 2 aliphatic carbocycles. The van der Waals surface area contributed by atoms with Gasteiger partial charge in [0.15, 0.2) is 5.65 Å². The van der Waals surface area contributed by atoms with Crippen molar-refractivity contribution in [3.63, 3.8) is 0 Å². The normalized spacial score (nSPS) is 22.5. The highest BCUT2D eigenvalue weighted by Gasteiger charge is 2.45. The highest BCUT2D eigenvalue weighted by molar-refractivity contribution is 5.92. The molecular formula is C20H24N6O. The van der Waals surface area contributed by atoms with Crippen LogP contribution in [0.4, 0.5) is 5.95 Å². The molecule has 140 valence electrons. The minimum atomic E-state index is 0.0407. The van der Waals surface area contributed by atoms with Crippen LogP contribution in [0.2, 0.25) is 0 Å². The molecule has 5 rings (SSSR count). The molecule has 2 saturated carbocycles. The minimum Gasteiger partial charge on any atom is -0.293 e. The number of nitrogens with one attached hydrogen (secondary N) is 1. The molecule has 1 amide bonds. The van der Waals surface area contributed by atoms with E-state index in [-0.39, 0.29) is 11.8 Å². The van der Waals surface area contributed by atoms with Gasteiger partial charge in [-0.1, -0.05) is 6.07 Å². The smallest absolute Gasteiger partial charge is 0.249 e. The van der Waals surface area contributed by atoms with Crippen LogP contribution < -0.4 is 5.32 Å². The van der Waals surface area contributed by atoms with Gasteiger partial charge >= 0.3 is 0 Å². The number of hydrogen-bond acceptors (Lipinski definition) is 5. The maximum Gasteiger partial charge on any atom is 0.249 e. The Morgan fingerprint density at radius 3 is 2.74 bits per heavy atom. The largest absolute Gasteiger partial charge is 0.293 e. The molecule has 7 nitrogen and oxygen atoms in total. The van der Waals surface area contributed by atoms with Gasteiger partial charge in [0.1, 0.15) is 0 Å². The molecule has 1 spiro atoms. The predicted molar refractivity (Wildman–Crippen MR) is 100 cm³/mol. The average Bonchev–Trinajstić information content (AvgIpc) is 3.41. The van der Waals surface area contributed by atoms with Crippen molar-refractivity contribution in [1.82, 2.24) is 19.5 Å². The van der Waals surface area contributed by atoms with Crippen molar-refractivity contribution in [2.45, 2.75) is 44.4 Å². The fourth-order valence-corrected chi connectivity index (χ4v) is 4.80. The predicted octanol–water partition coefficient (Wildman–Crippen LogP) is 2.56. The zero-order valence-electron chi connectivity index (χ0n) is 15.4. The summed E-state index contributed by atoms with van der Waals surface area (Å²) in [7, 11) is 0. The molecule has 2 aromatic rings. The summed E-state index contributed by atoms with van der Waals surface area (Å²) in [6.45, 7) is 2.69. The molecule has 0 atom stereocenters. The number of fused-ring (bicyclic) bond motifs is 1. The standard InChI is InChI=1S/C20H24N6O/c21-10-11-25-12-20(13-25)8-6-14(7-9-20)16-2-1-3-17-22-19(24-26(16)17)23-18(27)15-4-5-15/h1-3,14-15H,4-9,11-13H2,(H,23,24,27). The molecule has 0 aromatic carbocycles. The van der Waals surface area contributed by atoms with Crippen LogP contribution in [0.5, 0.6) is 0 Å². The summed E-state index contributed by atoms with van der Waals surface area (Å²) in [4.78, 5) is 18.7. The van der Waals surface area contributed by atoms with Crippen molar-refractivity contribution < 1.29 is 4.79 Å². The van der Waals surface area contributed by atoms with Crippen molar-refractivity contribution in [1.29, 1.82) is 5.26 Å². The molecule has 7 heteroatoms. The molecule has 1 aliphatic heterocycles. The lowest BCUT2D eigenvalue weighted by Crippen LogP contribution is -2.57. The lowest BCUT2D eigenvalue weighted by molar-refractivity contribution is -0.117. The second-order valence-electron chi connectivity index (χ2n) is 8.50. The summed E-state index contributed by atoms with van der Waals surface area (Å²) < 4.78 is 1.91. The lowest BCUT2D eigenvalue weighted by Gasteiger charge is -2.53. The number of nitriles is 1. The Labute approximate surface area is 158 Å². The van der Waals surface area contributed by atoms with Gasteiger partial charge in [0.2, 0.25) is 11.9 Å². The molecule has 3 fully saturated rings. The average molecular weight is 364 g/mol. The van der Waals surface area contributed by atoms with Gasteiger partial charge in [0.25, 0.3) is 0 Å². The molecule has 0 unspecified atom stereocenters. The number of likely N-dealkylation sites (tertiary alicyclic amines) is 1. The number of pyridine rings is 1. The van der Waals surface area contributed by atoms with Crippen molar-refractivity contribution >= 4 is 17.5 Å². The first-order valence-electron chi connectivity index (χ1n) is 9.92. The van der Waals surface area contributed by atoms with E-state index in [1.807, 2.05) is 16.6 Å². The first kappa shape index (κ1) is 16.7. The first-order valence-corrected chi connectivity index (χ1v) is 9.92. The molecule has 0 radical (unpaired) electrons. The first-order chi connectivity index (χ1) is 13.2. The van der Waals surface area contributed by atoms with Crippen LogP contribution in [-0.2, 0) is 4.79 Å². The molecule has 3 aliphatic rings. The summed E-state index contributed by atoms with van der Waals surface area (Å²) >= 11 is 0. The quantitative estimate of drug-likeness (QED) is 0.843. The SMILES string of the molecule is N#CCN1CC2(CCC(c3cccc4nc(NC(=O)C5CC5)nn34)CC2)C1. The Morgan fingerprint density at radius 2 is 2.04 bits per heavy atom. The Balaban J connectivity index is 1.30.